The van der Waals surface area contributed by atoms with E-state index in [2.05, 4.69) is 94.9 Å². The van der Waals surface area contributed by atoms with Gasteiger partial charge in [0.15, 0.2) is 0 Å². The van der Waals surface area contributed by atoms with Crippen LogP contribution in [0.4, 0.5) is 0 Å². The van der Waals surface area contributed by atoms with Crippen molar-refractivity contribution < 1.29 is 20.1 Å². The summed E-state index contributed by atoms with van der Waals surface area (Å²) in [6.07, 6.45) is 9.65. The average Bonchev–Trinajstić information content (AvgIpc) is 3.23. The van der Waals surface area contributed by atoms with Gasteiger partial charge in [0.1, 0.15) is 0 Å². The normalized spacial score (nSPS) is 17.0. The molecule has 26 heavy (non-hydrogen) atoms. The Hall–Kier alpha value is -0.993. The van der Waals surface area contributed by atoms with Crippen LogP contribution in [-0.2, 0) is 20.1 Å². The van der Waals surface area contributed by atoms with E-state index < -0.39 is 20.1 Å². The Morgan fingerprint density at radius 1 is 0.846 bits per heavy atom. The zero-order valence-electron chi connectivity index (χ0n) is 16.5. The van der Waals surface area contributed by atoms with E-state index >= 15 is 0 Å². The van der Waals surface area contributed by atoms with Gasteiger partial charge in [-0.15, -0.1) is 0 Å². The molecule has 2 aliphatic rings. The molecule has 132 valence electrons. The number of rotatable bonds is 3. The van der Waals surface area contributed by atoms with Gasteiger partial charge < -0.3 is 0 Å². The standard InChI is InChI=1S/C15H13.C5H5.C4H10Si.Hf/c1-10-3-5-12-9-13-6-4-11(2)8-15(13)14(12)7-10;1-2-4-5-3-1;1-4(2)5-3;/h3-9H,1-2H3;1-5H;4H,1-3H3;. The third kappa shape index (κ3) is 3.09. The summed E-state index contributed by atoms with van der Waals surface area (Å²) in [7, 11) is 0. The van der Waals surface area contributed by atoms with Gasteiger partial charge in [-0.2, -0.15) is 0 Å². The zero-order chi connectivity index (χ0) is 18.4. The molecule has 0 unspecified atom stereocenters. The summed E-state index contributed by atoms with van der Waals surface area (Å²) in [5.41, 5.74) is 9.69. The molecule has 0 bridgehead atoms. The van der Waals surface area contributed by atoms with Gasteiger partial charge in [-0.1, -0.05) is 0 Å². The van der Waals surface area contributed by atoms with Crippen LogP contribution in [0.3, 0.4) is 0 Å². The topological polar surface area (TPSA) is 0 Å². The molecule has 0 saturated heterocycles. The minimum absolute atomic E-state index is 0.304. The molecule has 4 rings (SSSR count). The second-order valence-corrected chi connectivity index (χ2v) is 31.7. The van der Waals surface area contributed by atoms with Crippen molar-refractivity contribution in [2.75, 3.05) is 0 Å². The van der Waals surface area contributed by atoms with Crippen molar-refractivity contribution in [1.29, 1.82) is 0 Å². The first-order chi connectivity index (χ1) is 12.5. The molecular formula is C24H28HfSi. The fourth-order valence-electron chi connectivity index (χ4n) is 4.47. The molecule has 0 saturated carbocycles. The third-order valence-electron chi connectivity index (χ3n) is 6.07. The van der Waals surface area contributed by atoms with Crippen LogP contribution in [0.25, 0.3) is 11.1 Å². The molecule has 0 atom stereocenters. The summed E-state index contributed by atoms with van der Waals surface area (Å²) >= 11 is -2.01. The van der Waals surface area contributed by atoms with Gasteiger partial charge in [0.25, 0.3) is 0 Å². The summed E-state index contributed by atoms with van der Waals surface area (Å²) < 4.78 is 1.53. The van der Waals surface area contributed by atoms with Crippen LogP contribution in [0.15, 0.2) is 60.7 Å². The van der Waals surface area contributed by atoms with Crippen molar-refractivity contribution in [1.82, 2.24) is 0 Å². The van der Waals surface area contributed by atoms with E-state index in [4.69, 9.17) is 0 Å². The van der Waals surface area contributed by atoms with Crippen molar-refractivity contribution in [3.8, 4) is 11.1 Å². The third-order valence-corrected chi connectivity index (χ3v) is 38.3. The fraction of sp³-hybridized carbons (Fsp3) is 0.333. The molecule has 0 heterocycles. The zero-order valence-corrected chi connectivity index (χ0v) is 21.1. The first-order valence-electron chi connectivity index (χ1n) is 9.74. The van der Waals surface area contributed by atoms with Crippen molar-refractivity contribution in [2.45, 2.75) is 47.1 Å². The molecule has 0 aliphatic heterocycles. The molecule has 0 fully saturated rings. The predicted octanol–water partition coefficient (Wildman–Crippen LogP) is 6.94. The Labute approximate surface area is 166 Å². The number of fused-ring (bicyclic) bond motifs is 3. The fourth-order valence-corrected chi connectivity index (χ4v) is 35.9. The van der Waals surface area contributed by atoms with Crippen LogP contribution in [0.2, 0.25) is 15.8 Å². The first kappa shape index (κ1) is 18.4. The van der Waals surface area contributed by atoms with Gasteiger partial charge >= 0.3 is 167 Å². The monoisotopic (exact) mass is 524 g/mol. The van der Waals surface area contributed by atoms with Crippen LogP contribution < -0.4 is 0 Å². The van der Waals surface area contributed by atoms with E-state index in [0.29, 0.717) is 0 Å². The summed E-state index contributed by atoms with van der Waals surface area (Å²) in [5.74, 6) is 0. The molecule has 2 aromatic carbocycles. The van der Waals surface area contributed by atoms with Crippen molar-refractivity contribution >= 4 is 5.49 Å². The Bertz CT molecular complexity index is 899. The predicted molar refractivity (Wildman–Crippen MR) is 112 cm³/mol. The molecule has 0 aromatic heterocycles. The van der Waals surface area contributed by atoms with Crippen LogP contribution in [0, 0.1) is 13.8 Å². The average molecular weight is 523 g/mol. The molecule has 2 heteroatoms. The molecular weight excluding hydrogens is 495 g/mol. The second-order valence-electron chi connectivity index (χ2n) is 8.20. The molecule has 0 N–H and O–H groups in total. The summed E-state index contributed by atoms with van der Waals surface area (Å²) in [5, 5.41) is 0. The Morgan fingerprint density at radius 3 is 1.81 bits per heavy atom. The Morgan fingerprint density at radius 2 is 1.35 bits per heavy atom. The molecule has 2 aromatic rings. The SMILES string of the molecule is Cc1ccc2c(c1)-c1cc(C)ccc1[CH]2[Hf]([CH]1C=CC=C1)=[Si](C)C(C)C. The number of benzene rings is 2. The van der Waals surface area contributed by atoms with Crippen LogP contribution in [0.5, 0.6) is 0 Å². The summed E-state index contributed by atoms with van der Waals surface area (Å²) in [6, 6.07) is 14.5. The number of hydrogen-bond donors (Lipinski definition) is 0. The molecule has 0 radical (unpaired) electrons. The maximum absolute atomic E-state index is 2.65. The van der Waals surface area contributed by atoms with Crippen molar-refractivity contribution in [3.63, 3.8) is 0 Å². The van der Waals surface area contributed by atoms with Gasteiger partial charge in [0, 0.05) is 0 Å². The van der Waals surface area contributed by atoms with E-state index in [-0.39, 0.29) is 5.49 Å². The number of allylic oxidation sites excluding steroid dienone is 4. The Balaban J connectivity index is 2.00. The minimum atomic E-state index is -2.01. The van der Waals surface area contributed by atoms with Gasteiger partial charge in [-0.05, 0) is 0 Å². The van der Waals surface area contributed by atoms with Crippen molar-refractivity contribution in [2.24, 2.45) is 0 Å². The van der Waals surface area contributed by atoms with E-state index in [1.165, 1.54) is 22.3 Å². The maximum atomic E-state index is 2.65. The number of hydrogen-bond acceptors (Lipinski definition) is 0. The van der Waals surface area contributed by atoms with E-state index in [9.17, 15) is 0 Å². The summed E-state index contributed by atoms with van der Waals surface area (Å²) in [6.45, 7) is 12.1. The Kier molecular flexibility index (Phi) is 5.09. The van der Waals surface area contributed by atoms with Gasteiger partial charge in [-0.25, -0.2) is 0 Å². The molecule has 2 aliphatic carbocycles. The molecule has 0 nitrogen and oxygen atoms in total. The summed E-state index contributed by atoms with van der Waals surface area (Å²) in [4.78, 5) is 0. The van der Waals surface area contributed by atoms with E-state index in [1.54, 1.807) is 11.1 Å². The van der Waals surface area contributed by atoms with Gasteiger partial charge in [0.2, 0.25) is 0 Å². The van der Waals surface area contributed by atoms with Crippen LogP contribution >= 0.6 is 0 Å². The van der Waals surface area contributed by atoms with E-state index in [0.717, 1.165) is 12.9 Å². The van der Waals surface area contributed by atoms with Gasteiger partial charge in [0.05, 0.1) is 0 Å². The first-order valence-corrected chi connectivity index (χ1v) is 21.4. The van der Waals surface area contributed by atoms with Crippen molar-refractivity contribution in [3.05, 3.63) is 83.0 Å². The quantitative estimate of drug-likeness (QED) is 0.383. The second kappa shape index (κ2) is 7.20. The van der Waals surface area contributed by atoms with Crippen LogP contribution in [-0.4, -0.2) is 5.49 Å². The van der Waals surface area contributed by atoms with Crippen LogP contribution in [0.1, 0.15) is 39.8 Å². The molecule has 0 spiro atoms. The van der Waals surface area contributed by atoms with Gasteiger partial charge in [-0.3, -0.25) is 0 Å². The van der Waals surface area contributed by atoms with E-state index in [1.807, 2.05) is 0 Å². The number of aryl methyl sites for hydroxylation is 2. The molecule has 0 amide bonds.